The van der Waals surface area contributed by atoms with Gasteiger partial charge in [-0.2, -0.15) is 5.10 Å². The summed E-state index contributed by atoms with van der Waals surface area (Å²) in [5.41, 5.74) is 2.11. The fourth-order valence-electron chi connectivity index (χ4n) is 2.79. The number of morpholine rings is 1. The largest absolute Gasteiger partial charge is 0.378 e. The Morgan fingerprint density at radius 1 is 1.32 bits per heavy atom. The van der Waals surface area contributed by atoms with Gasteiger partial charge in [-0.05, 0) is 18.1 Å². The maximum absolute atomic E-state index is 12.0. The van der Waals surface area contributed by atoms with Crippen LogP contribution in [0.1, 0.15) is 11.1 Å². The Kier molecular flexibility index (Phi) is 5.84. The van der Waals surface area contributed by atoms with Crippen molar-refractivity contribution in [1.29, 1.82) is 0 Å². The van der Waals surface area contributed by atoms with E-state index in [1.54, 1.807) is 10.9 Å². The zero-order valence-corrected chi connectivity index (χ0v) is 14.4. The summed E-state index contributed by atoms with van der Waals surface area (Å²) >= 11 is 0. The van der Waals surface area contributed by atoms with Crippen LogP contribution in [-0.4, -0.2) is 53.6 Å². The number of aryl methyl sites for hydroxylation is 1. The molecule has 2 amide bonds. The summed E-state index contributed by atoms with van der Waals surface area (Å²) in [6.45, 7) is 4.07. The van der Waals surface area contributed by atoms with Crippen molar-refractivity contribution in [2.24, 2.45) is 7.05 Å². The van der Waals surface area contributed by atoms with Gasteiger partial charge in [0.2, 0.25) is 0 Å². The number of nitrogens with one attached hydrogen (secondary N) is 2. The fourth-order valence-corrected chi connectivity index (χ4v) is 2.79. The van der Waals surface area contributed by atoms with Gasteiger partial charge >= 0.3 is 6.03 Å². The van der Waals surface area contributed by atoms with Gasteiger partial charge in [-0.25, -0.2) is 9.78 Å². The third kappa shape index (κ3) is 4.93. The van der Waals surface area contributed by atoms with Crippen molar-refractivity contribution in [2.45, 2.75) is 13.0 Å². The van der Waals surface area contributed by atoms with Crippen molar-refractivity contribution in [3.63, 3.8) is 0 Å². The number of carbonyl (C=O) groups is 1. The highest BCUT2D eigenvalue weighted by Crippen LogP contribution is 2.18. The van der Waals surface area contributed by atoms with Gasteiger partial charge in [-0.3, -0.25) is 4.68 Å². The lowest BCUT2D eigenvalue weighted by atomic mass is 10.2. The van der Waals surface area contributed by atoms with Gasteiger partial charge in [0.15, 0.2) is 0 Å². The lowest BCUT2D eigenvalue weighted by molar-refractivity contribution is 0.122. The molecule has 1 saturated heterocycles. The van der Waals surface area contributed by atoms with E-state index >= 15 is 0 Å². The zero-order valence-electron chi connectivity index (χ0n) is 14.4. The molecule has 8 heteroatoms. The van der Waals surface area contributed by atoms with Crippen LogP contribution in [0.3, 0.4) is 0 Å². The van der Waals surface area contributed by atoms with Crippen molar-refractivity contribution in [3.05, 3.63) is 41.9 Å². The number of ether oxygens (including phenoxy) is 1. The van der Waals surface area contributed by atoms with Crippen LogP contribution in [0.15, 0.2) is 30.7 Å². The average Bonchev–Trinajstić information content (AvgIpc) is 3.06. The number of amides is 2. The van der Waals surface area contributed by atoms with E-state index in [4.69, 9.17) is 4.74 Å². The van der Waals surface area contributed by atoms with Crippen LogP contribution in [0.25, 0.3) is 0 Å². The lowest BCUT2D eigenvalue weighted by Gasteiger charge is -2.29. The smallest absolute Gasteiger partial charge is 0.315 e. The summed E-state index contributed by atoms with van der Waals surface area (Å²) < 4.78 is 7.14. The number of carbonyl (C=O) groups excluding carboxylic acids is 1. The maximum atomic E-state index is 12.0. The Morgan fingerprint density at radius 2 is 2.16 bits per heavy atom. The Morgan fingerprint density at radius 3 is 2.92 bits per heavy atom. The molecular formula is C17H24N6O2. The average molecular weight is 344 g/mol. The molecule has 0 atom stereocenters. The number of rotatable bonds is 6. The van der Waals surface area contributed by atoms with E-state index in [1.165, 1.54) is 0 Å². The van der Waals surface area contributed by atoms with Crippen molar-refractivity contribution in [1.82, 2.24) is 25.4 Å². The molecule has 0 spiro atoms. The standard InChI is InChI=1S/C17H24N6O2/c1-22-13-14(11-21-22)4-6-19-17(24)20-12-15-3-2-5-18-16(15)23-7-9-25-10-8-23/h2-3,5,11,13H,4,6-10,12H2,1H3,(H2,19,20,24). The number of hydrogen-bond donors (Lipinski definition) is 2. The first kappa shape index (κ1) is 17.2. The molecule has 25 heavy (non-hydrogen) atoms. The summed E-state index contributed by atoms with van der Waals surface area (Å²) in [5.74, 6) is 0.918. The van der Waals surface area contributed by atoms with Crippen LogP contribution in [0, 0.1) is 0 Å². The van der Waals surface area contributed by atoms with Gasteiger partial charge < -0.3 is 20.3 Å². The van der Waals surface area contributed by atoms with E-state index in [1.807, 2.05) is 31.6 Å². The Hall–Kier alpha value is -2.61. The fraction of sp³-hybridized carbons (Fsp3) is 0.471. The molecule has 1 fully saturated rings. The molecule has 134 valence electrons. The zero-order chi connectivity index (χ0) is 17.5. The topological polar surface area (TPSA) is 84.3 Å². The van der Waals surface area contributed by atoms with Crippen LogP contribution < -0.4 is 15.5 Å². The molecule has 0 aromatic carbocycles. The molecule has 8 nitrogen and oxygen atoms in total. The molecule has 1 aliphatic rings. The highest BCUT2D eigenvalue weighted by Gasteiger charge is 2.16. The molecule has 2 aromatic rings. The molecule has 0 radical (unpaired) electrons. The predicted molar refractivity (Wildman–Crippen MR) is 94.4 cm³/mol. The predicted octanol–water partition coefficient (Wildman–Crippen LogP) is 0.694. The number of nitrogens with zero attached hydrogens (tertiary/aromatic N) is 4. The summed E-state index contributed by atoms with van der Waals surface area (Å²) in [7, 11) is 1.88. The van der Waals surface area contributed by atoms with E-state index in [0.717, 1.165) is 36.5 Å². The number of hydrogen-bond acceptors (Lipinski definition) is 5. The minimum Gasteiger partial charge on any atom is -0.378 e. The molecule has 3 rings (SSSR count). The van der Waals surface area contributed by atoms with Crippen molar-refractivity contribution in [2.75, 3.05) is 37.7 Å². The van der Waals surface area contributed by atoms with Crippen LogP contribution in [-0.2, 0) is 24.8 Å². The van der Waals surface area contributed by atoms with Gasteiger partial charge in [-0.15, -0.1) is 0 Å². The van der Waals surface area contributed by atoms with Crippen LogP contribution in [0.2, 0.25) is 0 Å². The molecule has 0 saturated carbocycles. The van der Waals surface area contributed by atoms with Gasteiger partial charge in [0.05, 0.1) is 19.4 Å². The monoisotopic (exact) mass is 344 g/mol. The first-order valence-electron chi connectivity index (χ1n) is 8.48. The van der Waals surface area contributed by atoms with Crippen LogP contribution in [0.4, 0.5) is 10.6 Å². The van der Waals surface area contributed by atoms with Gasteiger partial charge in [0.25, 0.3) is 0 Å². The van der Waals surface area contributed by atoms with Crippen molar-refractivity contribution >= 4 is 11.8 Å². The van der Waals surface area contributed by atoms with Crippen LogP contribution in [0.5, 0.6) is 0 Å². The van der Waals surface area contributed by atoms with Crippen LogP contribution >= 0.6 is 0 Å². The summed E-state index contributed by atoms with van der Waals surface area (Å²) in [6, 6.07) is 3.70. The van der Waals surface area contributed by atoms with Gasteiger partial charge in [0.1, 0.15) is 5.82 Å². The first-order valence-corrected chi connectivity index (χ1v) is 8.48. The van der Waals surface area contributed by atoms with E-state index in [0.29, 0.717) is 26.3 Å². The highest BCUT2D eigenvalue weighted by atomic mass is 16.5. The number of aromatic nitrogens is 3. The third-order valence-electron chi connectivity index (χ3n) is 4.08. The number of urea groups is 1. The van der Waals surface area contributed by atoms with E-state index < -0.39 is 0 Å². The van der Waals surface area contributed by atoms with Crippen molar-refractivity contribution < 1.29 is 9.53 Å². The molecular weight excluding hydrogens is 320 g/mol. The Labute approximate surface area is 147 Å². The van der Waals surface area contributed by atoms with E-state index in [2.05, 4.69) is 25.6 Å². The first-order chi connectivity index (χ1) is 12.2. The second kappa shape index (κ2) is 8.48. The summed E-state index contributed by atoms with van der Waals surface area (Å²) in [4.78, 5) is 18.7. The third-order valence-corrected chi connectivity index (χ3v) is 4.08. The van der Waals surface area contributed by atoms with Gasteiger partial charge in [0, 0.05) is 51.2 Å². The number of anilines is 1. The lowest BCUT2D eigenvalue weighted by Crippen LogP contribution is -2.39. The number of pyridine rings is 1. The molecule has 0 unspecified atom stereocenters. The molecule has 0 bridgehead atoms. The van der Waals surface area contributed by atoms with Gasteiger partial charge in [-0.1, -0.05) is 6.07 Å². The molecule has 0 aliphatic carbocycles. The quantitative estimate of drug-likeness (QED) is 0.806. The Balaban J connectivity index is 1.47. The minimum absolute atomic E-state index is 0.180. The summed E-state index contributed by atoms with van der Waals surface area (Å²) in [6.07, 6.45) is 6.29. The van der Waals surface area contributed by atoms with E-state index in [9.17, 15) is 4.79 Å². The second-order valence-corrected chi connectivity index (χ2v) is 5.97. The summed E-state index contributed by atoms with van der Waals surface area (Å²) in [5, 5.41) is 9.88. The highest BCUT2D eigenvalue weighted by molar-refractivity contribution is 5.74. The molecule has 3 heterocycles. The Bertz CT molecular complexity index is 696. The SMILES string of the molecule is Cn1cc(CCNC(=O)NCc2cccnc2N2CCOCC2)cn1. The minimum atomic E-state index is -0.180. The molecule has 2 N–H and O–H groups in total. The van der Waals surface area contributed by atoms with E-state index in [-0.39, 0.29) is 6.03 Å². The van der Waals surface area contributed by atoms with Crippen molar-refractivity contribution in [3.8, 4) is 0 Å². The normalized spacial score (nSPS) is 14.4. The molecule has 1 aliphatic heterocycles. The second-order valence-electron chi connectivity index (χ2n) is 5.97. The maximum Gasteiger partial charge on any atom is 0.315 e. The molecule has 2 aromatic heterocycles.